The molecule has 2 nitrogen and oxygen atoms in total. The quantitative estimate of drug-likeness (QED) is 0.767. The van der Waals surface area contributed by atoms with E-state index in [2.05, 4.69) is 37.2 Å². The molecule has 0 unspecified atom stereocenters. The molecule has 1 heterocycles. The van der Waals surface area contributed by atoms with E-state index in [1.807, 2.05) is 6.92 Å². The molecule has 6 heteroatoms. The summed E-state index contributed by atoms with van der Waals surface area (Å²) < 4.78 is 15.1. The molecular formula is C12H8Br2FNOS. The van der Waals surface area contributed by atoms with Gasteiger partial charge in [0.2, 0.25) is 0 Å². The Morgan fingerprint density at radius 2 is 2.06 bits per heavy atom. The smallest absolute Gasteiger partial charge is 0.265 e. The fraction of sp³-hybridized carbons (Fsp3) is 0.0833. The van der Waals surface area contributed by atoms with E-state index < -0.39 is 5.82 Å². The molecule has 0 saturated carbocycles. The highest BCUT2D eigenvalue weighted by molar-refractivity contribution is 9.13. The van der Waals surface area contributed by atoms with Crippen molar-refractivity contribution < 1.29 is 9.18 Å². The highest BCUT2D eigenvalue weighted by Crippen LogP contribution is 2.32. The average Bonchev–Trinajstić information content (AvgIpc) is 2.64. The minimum atomic E-state index is -0.441. The third-order valence-corrected chi connectivity index (χ3v) is 5.49. The van der Waals surface area contributed by atoms with Gasteiger partial charge < -0.3 is 5.32 Å². The number of rotatable bonds is 2. The maximum Gasteiger partial charge on any atom is 0.265 e. The van der Waals surface area contributed by atoms with Gasteiger partial charge in [0.25, 0.3) is 5.91 Å². The Kier molecular flexibility index (Phi) is 4.19. The molecule has 0 fully saturated rings. The first kappa shape index (κ1) is 13.7. The van der Waals surface area contributed by atoms with Crippen molar-refractivity contribution in [1.82, 2.24) is 0 Å². The minimum Gasteiger partial charge on any atom is -0.319 e. The van der Waals surface area contributed by atoms with Crippen molar-refractivity contribution in [1.29, 1.82) is 0 Å². The molecule has 0 aliphatic rings. The summed E-state index contributed by atoms with van der Waals surface area (Å²) in [5.74, 6) is -0.764. The minimum absolute atomic E-state index is 0.195. The van der Waals surface area contributed by atoms with Crippen LogP contribution in [0.1, 0.15) is 15.2 Å². The Bertz CT molecular complexity index is 593. The third kappa shape index (κ3) is 2.99. The zero-order valence-corrected chi connectivity index (χ0v) is 13.2. The van der Waals surface area contributed by atoms with Crippen LogP contribution in [0.4, 0.5) is 10.1 Å². The number of carbonyl (C=O) groups excluding carboxylic acids is 1. The van der Waals surface area contributed by atoms with Gasteiger partial charge in [-0.1, -0.05) is 6.07 Å². The Balaban J connectivity index is 2.23. The van der Waals surface area contributed by atoms with Crippen molar-refractivity contribution in [3.63, 3.8) is 0 Å². The molecule has 0 bridgehead atoms. The van der Waals surface area contributed by atoms with Gasteiger partial charge in [0.05, 0.1) is 14.4 Å². The van der Waals surface area contributed by atoms with Gasteiger partial charge in [0.1, 0.15) is 5.82 Å². The van der Waals surface area contributed by atoms with Crippen molar-refractivity contribution in [3.8, 4) is 0 Å². The van der Waals surface area contributed by atoms with Gasteiger partial charge in [-0.2, -0.15) is 0 Å². The van der Waals surface area contributed by atoms with Gasteiger partial charge in [0, 0.05) is 4.47 Å². The van der Waals surface area contributed by atoms with E-state index in [1.54, 1.807) is 18.2 Å². The number of halogens is 3. The summed E-state index contributed by atoms with van der Waals surface area (Å²) in [5, 5.41) is 2.56. The van der Waals surface area contributed by atoms with Gasteiger partial charge in [-0.25, -0.2) is 4.39 Å². The number of amides is 1. The van der Waals surface area contributed by atoms with Crippen LogP contribution in [-0.4, -0.2) is 5.91 Å². The van der Waals surface area contributed by atoms with Crippen molar-refractivity contribution in [3.05, 3.63) is 48.8 Å². The van der Waals surface area contributed by atoms with Crippen LogP contribution in [0.25, 0.3) is 0 Å². The Labute approximate surface area is 124 Å². The van der Waals surface area contributed by atoms with Crippen molar-refractivity contribution in [2.75, 3.05) is 5.32 Å². The summed E-state index contributed by atoms with van der Waals surface area (Å²) in [6.07, 6.45) is 0. The highest BCUT2D eigenvalue weighted by atomic mass is 79.9. The Morgan fingerprint density at radius 1 is 1.33 bits per heavy atom. The monoisotopic (exact) mass is 391 g/mol. The van der Waals surface area contributed by atoms with Crippen LogP contribution >= 0.6 is 43.2 Å². The van der Waals surface area contributed by atoms with Crippen LogP contribution in [0.2, 0.25) is 0 Å². The molecule has 0 aliphatic heterocycles. The molecule has 0 radical (unpaired) electrons. The molecule has 0 atom stereocenters. The molecule has 1 N–H and O–H groups in total. The van der Waals surface area contributed by atoms with E-state index in [-0.39, 0.29) is 11.6 Å². The number of benzene rings is 1. The topological polar surface area (TPSA) is 29.1 Å². The first-order valence-corrected chi connectivity index (χ1v) is 7.40. The lowest BCUT2D eigenvalue weighted by atomic mass is 10.2. The van der Waals surface area contributed by atoms with Crippen LogP contribution in [-0.2, 0) is 0 Å². The SMILES string of the molecule is Cc1ccc(F)c(NC(=O)c2cc(Br)c(Br)s2)c1. The zero-order valence-electron chi connectivity index (χ0n) is 9.26. The summed E-state index contributed by atoms with van der Waals surface area (Å²) >= 11 is 7.91. The van der Waals surface area contributed by atoms with Crippen molar-refractivity contribution >= 4 is 54.8 Å². The van der Waals surface area contributed by atoms with Gasteiger partial charge >= 0.3 is 0 Å². The second-order valence-corrected chi connectivity index (χ2v) is 6.89. The maximum absolute atomic E-state index is 13.5. The van der Waals surface area contributed by atoms with Gasteiger partial charge in [-0.05, 0) is 62.5 Å². The molecule has 18 heavy (non-hydrogen) atoms. The van der Waals surface area contributed by atoms with Crippen LogP contribution in [0.5, 0.6) is 0 Å². The third-order valence-electron chi connectivity index (χ3n) is 2.24. The molecule has 1 amide bonds. The lowest BCUT2D eigenvalue weighted by molar-refractivity contribution is 0.103. The number of hydrogen-bond acceptors (Lipinski definition) is 2. The number of thiophene rings is 1. The predicted octanol–water partition coefficient (Wildman–Crippen LogP) is 4.97. The molecular weight excluding hydrogens is 385 g/mol. The van der Waals surface area contributed by atoms with Gasteiger partial charge in [-0.3, -0.25) is 4.79 Å². The Hall–Kier alpha value is -0.720. The maximum atomic E-state index is 13.5. The van der Waals surface area contributed by atoms with Gasteiger partial charge in [-0.15, -0.1) is 11.3 Å². The molecule has 2 aromatic rings. The molecule has 94 valence electrons. The van der Waals surface area contributed by atoms with Crippen LogP contribution < -0.4 is 5.32 Å². The number of nitrogens with one attached hydrogen (secondary N) is 1. The predicted molar refractivity (Wildman–Crippen MR) is 78.8 cm³/mol. The standard InChI is InChI=1S/C12H8Br2FNOS/c1-6-2-3-8(15)9(4-6)16-12(17)10-5-7(13)11(14)18-10/h2-5H,1H3,(H,16,17). The fourth-order valence-electron chi connectivity index (χ4n) is 1.38. The first-order valence-electron chi connectivity index (χ1n) is 4.99. The lowest BCUT2D eigenvalue weighted by Gasteiger charge is -2.05. The van der Waals surface area contributed by atoms with E-state index in [0.717, 1.165) is 13.8 Å². The Morgan fingerprint density at radius 3 is 2.67 bits per heavy atom. The summed E-state index contributed by atoms with van der Waals surface area (Å²) in [6.45, 7) is 1.84. The number of hydrogen-bond donors (Lipinski definition) is 1. The summed E-state index contributed by atoms with van der Waals surface area (Å²) in [5.41, 5.74) is 1.08. The normalized spacial score (nSPS) is 10.4. The second-order valence-electron chi connectivity index (χ2n) is 3.67. The molecule has 2 rings (SSSR count). The average molecular weight is 393 g/mol. The summed E-state index contributed by atoms with van der Waals surface area (Å²) in [4.78, 5) is 12.4. The molecule has 1 aromatic carbocycles. The number of carbonyl (C=O) groups is 1. The summed E-state index contributed by atoms with van der Waals surface area (Å²) in [7, 11) is 0. The number of aryl methyl sites for hydroxylation is 1. The fourth-order valence-corrected chi connectivity index (χ4v) is 3.31. The molecule has 1 aromatic heterocycles. The van der Waals surface area contributed by atoms with Crippen LogP contribution in [0, 0.1) is 12.7 Å². The largest absolute Gasteiger partial charge is 0.319 e. The highest BCUT2D eigenvalue weighted by Gasteiger charge is 2.13. The molecule has 0 saturated heterocycles. The van der Waals surface area contributed by atoms with E-state index in [0.29, 0.717) is 4.88 Å². The summed E-state index contributed by atoms with van der Waals surface area (Å²) in [6, 6.07) is 6.29. The van der Waals surface area contributed by atoms with E-state index in [9.17, 15) is 9.18 Å². The van der Waals surface area contributed by atoms with E-state index in [1.165, 1.54) is 17.4 Å². The molecule has 0 aliphatic carbocycles. The number of anilines is 1. The van der Waals surface area contributed by atoms with Gasteiger partial charge in [0.15, 0.2) is 0 Å². The lowest BCUT2D eigenvalue weighted by Crippen LogP contribution is -2.11. The van der Waals surface area contributed by atoms with Crippen molar-refractivity contribution in [2.24, 2.45) is 0 Å². The van der Waals surface area contributed by atoms with E-state index >= 15 is 0 Å². The zero-order chi connectivity index (χ0) is 13.3. The van der Waals surface area contributed by atoms with Crippen molar-refractivity contribution in [2.45, 2.75) is 6.92 Å². The van der Waals surface area contributed by atoms with Crippen LogP contribution in [0.15, 0.2) is 32.5 Å². The van der Waals surface area contributed by atoms with Crippen LogP contribution in [0.3, 0.4) is 0 Å². The van der Waals surface area contributed by atoms with E-state index in [4.69, 9.17) is 0 Å². The first-order chi connectivity index (χ1) is 8.47. The second kappa shape index (κ2) is 5.50. The molecule has 0 spiro atoms.